The van der Waals surface area contributed by atoms with Crippen LogP contribution < -0.4 is 10.8 Å². The molecule has 2 N–H and O–H groups in total. The van der Waals surface area contributed by atoms with Crippen molar-refractivity contribution in [1.29, 1.82) is 0 Å². The molecule has 3 heteroatoms. The summed E-state index contributed by atoms with van der Waals surface area (Å²) in [5, 5.41) is 3.14. The highest BCUT2D eigenvalue weighted by molar-refractivity contribution is 5.22. The molecule has 0 amide bonds. The molecular weight excluding hydrogens is 116 g/mol. The Kier molecular flexibility index (Phi) is 0.960. The fourth-order valence-corrected chi connectivity index (χ4v) is 0.981. The molecule has 3 nitrogen and oxygen atoms in total. The standard InChI is InChI=1S/C6H8N2O/c1-2-5-6(7-3-1)4-9-8-5/h1-3,6-8H,4H2. The van der Waals surface area contributed by atoms with Gasteiger partial charge in [0.1, 0.15) is 6.61 Å². The van der Waals surface area contributed by atoms with Crippen LogP contribution in [0, 0.1) is 0 Å². The summed E-state index contributed by atoms with van der Waals surface area (Å²) in [7, 11) is 0. The Morgan fingerprint density at radius 2 is 2.67 bits per heavy atom. The number of dihydropyridines is 1. The first-order valence-corrected chi connectivity index (χ1v) is 2.97. The lowest BCUT2D eigenvalue weighted by Crippen LogP contribution is -2.28. The van der Waals surface area contributed by atoms with Gasteiger partial charge in [-0.05, 0) is 18.4 Å². The third kappa shape index (κ3) is 0.695. The molecule has 0 aromatic carbocycles. The van der Waals surface area contributed by atoms with Crippen LogP contribution in [0.5, 0.6) is 0 Å². The summed E-state index contributed by atoms with van der Waals surface area (Å²) in [6, 6.07) is 0.356. The van der Waals surface area contributed by atoms with E-state index in [0.29, 0.717) is 6.04 Å². The summed E-state index contributed by atoms with van der Waals surface area (Å²) >= 11 is 0. The van der Waals surface area contributed by atoms with Gasteiger partial charge in [0.25, 0.3) is 0 Å². The molecule has 1 atom stereocenters. The molecule has 0 aliphatic carbocycles. The number of rotatable bonds is 0. The molecular formula is C6H8N2O. The maximum atomic E-state index is 4.97. The van der Waals surface area contributed by atoms with Gasteiger partial charge < -0.3 is 5.32 Å². The van der Waals surface area contributed by atoms with Crippen LogP contribution in [0.1, 0.15) is 0 Å². The third-order valence-electron chi connectivity index (χ3n) is 1.48. The lowest BCUT2D eigenvalue weighted by atomic mass is 10.2. The minimum absolute atomic E-state index is 0.356. The maximum absolute atomic E-state index is 4.97. The summed E-state index contributed by atoms with van der Waals surface area (Å²) in [6.07, 6.45) is 5.88. The highest BCUT2D eigenvalue weighted by atomic mass is 16.7. The van der Waals surface area contributed by atoms with E-state index in [9.17, 15) is 0 Å². The second kappa shape index (κ2) is 1.77. The molecule has 0 spiro atoms. The predicted molar refractivity (Wildman–Crippen MR) is 33.2 cm³/mol. The van der Waals surface area contributed by atoms with E-state index in [1.165, 1.54) is 0 Å². The molecule has 0 saturated carbocycles. The molecule has 0 bridgehead atoms. The first kappa shape index (κ1) is 4.88. The average Bonchev–Trinajstić information content (AvgIpc) is 2.33. The Morgan fingerprint density at radius 1 is 1.67 bits per heavy atom. The van der Waals surface area contributed by atoms with Gasteiger partial charge in [0.15, 0.2) is 0 Å². The van der Waals surface area contributed by atoms with E-state index in [1.807, 2.05) is 18.4 Å². The number of allylic oxidation sites excluding steroid dienone is 2. The molecule has 0 aromatic heterocycles. The Balaban J connectivity index is 2.23. The van der Waals surface area contributed by atoms with Crippen LogP contribution in [0.4, 0.5) is 0 Å². The van der Waals surface area contributed by atoms with Crippen molar-refractivity contribution in [2.45, 2.75) is 6.04 Å². The Hall–Kier alpha value is -0.960. The van der Waals surface area contributed by atoms with Crippen molar-refractivity contribution in [2.24, 2.45) is 0 Å². The molecule has 48 valence electrons. The Morgan fingerprint density at radius 3 is 3.56 bits per heavy atom. The number of fused-ring (bicyclic) bond motifs is 1. The molecule has 9 heavy (non-hydrogen) atoms. The van der Waals surface area contributed by atoms with Gasteiger partial charge in [0, 0.05) is 0 Å². The van der Waals surface area contributed by atoms with Gasteiger partial charge in [-0.3, -0.25) is 10.3 Å². The summed E-state index contributed by atoms with van der Waals surface area (Å²) in [5.41, 5.74) is 3.93. The first-order chi connectivity index (χ1) is 4.47. The lowest BCUT2D eigenvalue weighted by Gasteiger charge is -2.11. The number of hydrogen-bond donors (Lipinski definition) is 2. The van der Waals surface area contributed by atoms with Gasteiger partial charge >= 0.3 is 0 Å². The van der Waals surface area contributed by atoms with Crippen molar-refractivity contribution in [3.05, 3.63) is 24.0 Å². The molecule has 2 aliphatic rings. The zero-order valence-corrected chi connectivity index (χ0v) is 4.92. The largest absolute Gasteiger partial charge is 0.380 e. The van der Waals surface area contributed by atoms with E-state index in [4.69, 9.17) is 4.84 Å². The average molecular weight is 124 g/mol. The van der Waals surface area contributed by atoms with Crippen LogP contribution >= 0.6 is 0 Å². The number of hydroxylamine groups is 1. The van der Waals surface area contributed by atoms with Crippen LogP contribution in [-0.2, 0) is 4.84 Å². The Bertz CT molecular complexity index is 174. The van der Waals surface area contributed by atoms with Crippen LogP contribution in [0.2, 0.25) is 0 Å². The van der Waals surface area contributed by atoms with Crippen molar-refractivity contribution < 1.29 is 4.84 Å². The van der Waals surface area contributed by atoms with Gasteiger partial charge in [0.05, 0.1) is 11.7 Å². The first-order valence-electron chi connectivity index (χ1n) is 2.97. The van der Waals surface area contributed by atoms with Gasteiger partial charge in [-0.1, -0.05) is 0 Å². The minimum atomic E-state index is 0.356. The van der Waals surface area contributed by atoms with E-state index in [1.54, 1.807) is 0 Å². The zero-order valence-electron chi connectivity index (χ0n) is 4.92. The Labute approximate surface area is 53.3 Å². The number of hydrogen-bond acceptors (Lipinski definition) is 3. The van der Waals surface area contributed by atoms with Gasteiger partial charge in [0.2, 0.25) is 0 Å². The third-order valence-corrected chi connectivity index (χ3v) is 1.48. The molecule has 2 heterocycles. The normalized spacial score (nSPS) is 30.2. The SMILES string of the molecule is C1=CNC2CONC2=C1. The fraction of sp³-hybridized carbons (Fsp3) is 0.333. The van der Waals surface area contributed by atoms with Gasteiger partial charge in [-0.2, -0.15) is 0 Å². The zero-order chi connectivity index (χ0) is 6.10. The molecule has 0 aromatic rings. The predicted octanol–water partition coefficient (Wildman–Crippen LogP) is -0.109. The molecule has 0 radical (unpaired) electrons. The van der Waals surface area contributed by atoms with E-state index >= 15 is 0 Å². The van der Waals surface area contributed by atoms with Crippen LogP contribution in [-0.4, -0.2) is 12.6 Å². The van der Waals surface area contributed by atoms with E-state index in [0.717, 1.165) is 12.3 Å². The second-order valence-electron chi connectivity index (χ2n) is 2.11. The van der Waals surface area contributed by atoms with Crippen molar-refractivity contribution >= 4 is 0 Å². The van der Waals surface area contributed by atoms with E-state index in [-0.39, 0.29) is 0 Å². The minimum Gasteiger partial charge on any atom is -0.380 e. The van der Waals surface area contributed by atoms with Crippen LogP contribution in [0.25, 0.3) is 0 Å². The van der Waals surface area contributed by atoms with Gasteiger partial charge in [-0.15, -0.1) is 0 Å². The highest BCUT2D eigenvalue weighted by Gasteiger charge is 2.20. The van der Waals surface area contributed by atoms with Crippen LogP contribution in [0.3, 0.4) is 0 Å². The monoisotopic (exact) mass is 124 g/mol. The lowest BCUT2D eigenvalue weighted by molar-refractivity contribution is 0.108. The summed E-state index contributed by atoms with van der Waals surface area (Å²) in [6.45, 7) is 0.718. The molecule has 1 saturated heterocycles. The van der Waals surface area contributed by atoms with E-state index in [2.05, 4.69) is 10.8 Å². The summed E-state index contributed by atoms with van der Waals surface area (Å²) in [5.74, 6) is 0. The van der Waals surface area contributed by atoms with E-state index < -0.39 is 0 Å². The molecule has 2 rings (SSSR count). The summed E-state index contributed by atoms with van der Waals surface area (Å²) in [4.78, 5) is 4.97. The maximum Gasteiger partial charge on any atom is 0.100 e. The second-order valence-corrected chi connectivity index (χ2v) is 2.11. The topological polar surface area (TPSA) is 33.3 Å². The van der Waals surface area contributed by atoms with Crippen molar-refractivity contribution in [2.75, 3.05) is 6.61 Å². The van der Waals surface area contributed by atoms with Crippen molar-refractivity contribution in [1.82, 2.24) is 10.8 Å². The summed E-state index contributed by atoms with van der Waals surface area (Å²) < 4.78 is 0. The quantitative estimate of drug-likeness (QED) is 0.472. The van der Waals surface area contributed by atoms with Crippen molar-refractivity contribution in [3.8, 4) is 0 Å². The van der Waals surface area contributed by atoms with Crippen molar-refractivity contribution in [3.63, 3.8) is 0 Å². The molecule has 1 unspecified atom stereocenters. The van der Waals surface area contributed by atoms with Gasteiger partial charge in [-0.25, -0.2) is 0 Å². The molecule has 1 fully saturated rings. The van der Waals surface area contributed by atoms with Crippen LogP contribution in [0.15, 0.2) is 24.0 Å². The smallest absolute Gasteiger partial charge is 0.100 e. The molecule has 2 aliphatic heterocycles. The highest BCUT2D eigenvalue weighted by Crippen LogP contribution is 2.09. The fourth-order valence-electron chi connectivity index (χ4n) is 0.981. The number of nitrogens with one attached hydrogen (secondary N) is 2.